The number of rotatable bonds is 4. The van der Waals surface area contributed by atoms with Crippen molar-refractivity contribution in [3.05, 3.63) is 24.0 Å². The number of hydrogen-bond donors (Lipinski definition) is 0. The van der Waals surface area contributed by atoms with Crippen LogP contribution in [-0.4, -0.2) is 43.9 Å². The average molecular weight is 318 g/mol. The predicted molar refractivity (Wildman–Crippen MR) is 88.4 cm³/mol. The van der Waals surface area contributed by atoms with E-state index in [1.807, 2.05) is 12.4 Å². The van der Waals surface area contributed by atoms with Gasteiger partial charge >= 0.3 is 5.97 Å². The molecule has 1 aromatic rings. The first kappa shape index (κ1) is 16.2. The molecule has 0 N–H and O–H groups in total. The van der Waals surface area contributed by atoms with E-state index in [-0.39, 0.29) is 11.9 Å². The highest BCUT2D eigenvalue weighted by Crippen LogP contribution is 2.26. The first-order chi connectivity index (χ1) is 11.2. The van der Waals surface area contributed by atoms with Gasteiger partial charge in [0.15, 0.2) is 0 Å². The van der Waals surface area contributed by atoms with E-state index in [9.17, 15) is 4.79 Å². The van der Waals surface area contributed by atoms with Gasteiger partial charge in [0.05, 0.1) is 12.5 Å². The first-order valence-electron chi connectivity index (χ1n) is 8.64. The number of pyridine rings is 1. The molecule has 0 bridgehead atoms. The van der Waals surface area contributed by atoms with Crippen molar-refractivity contribution in [2.75, 3.05) is 37.8 Å². The minimum absolute atomic E-state index is 0.0115. The van der Waals surface area contributed by atoms with Gasteiger partial charge < -0.3 is 14.4 Å². The summed E-state index contributed by atoms with van der Waals surface area (Å²) < 4.78 is 10.9. The Morgan fingerprint density at radius 1 is 1.30 bits per heavy atom. The topological polar surface area (TPSA) is 51.7 Å². The number of carbonyl (C=O) groups excluding carboxylic acids is 1. The van der Waals surface area contributed by atoms with Crippen LogP contribution in [0.1, 0.15) is 31.2 Å². The summed E-state index contributed by atoms with van der Waals surface area (Å²) in [7, 11) is 0. The average Bonchev–Trinajstić information content (AvgIpc) is 2.61. The molecule has 2 aliphatic rings. The molecule has 2 fully saturated rings. The summed E-state index contributed by atoms with van der Waals surface area (Å²) in [4.78, 5) is 18.8. The second-order valence-electron chi connectivity index (χ2n) is 6.61. The first-order valence-corrected chi connectivity index (χ1v) is 8.64. The van der Waals surface area contributed by atoms with Crippen LogP contribution < -0.4 is 4.90 Å². The molecule has 126 valence electrons. The highest BCUT2D eigenvalue weighted by molar-refractivity contribution is 5.73. The van der Waals surface area contributed by atoms with Gasteiger partial charge in [-0.1, -0.05) is 0 Å². The lowest BCUT2D eigenvalue weighted by Crippen LogP contribution is -2.37. The van der Waals surface area contributed by atoms with E-state index in [0.717, 1.165) is 52.0 Å². The summed E-state index contributed by atoms with van der Waals surface area (Å²) in [6, 6.07) is 2.05. The second-order valence-corrected chi connectivity index (χ2v) is 6.61. The molecule has 1 aromatic heterocycles. The smallest absolute Gasteiger partial charge is 0.309 e. The SMILES string of the molecule is Cc1cnccc1N1CCC(C(=O)OCC2CCOCC2)CC1. The zero-order chi connectivity index (χ0) is 16.1. The summed E-state index contributed by atoms with van der Waals surface area (Å²) in [5, 5.41) is 0. The van der Waals surface area contributed by atoms with E-state index in [1.54, 1.807) is 0 Å². The van der Waals surface area contributed by atoms with Crippen LogP contribution in [0.5, 0.6) is 0 Å². The van der Waals surface area contributed by atoms with Crippen molar-refractivity contribution in [3.63, 3.8) is 0 Å². The van der Waals surface area contributed by atoms with Crippen molar-refractivity contribution in [3.8, 4) is 0 Å². The van der Waals surface area contributed by atoms with Gasteiger partial charge in [0.25, 0.3) is 0 Å². The Balaban J connectivity index is 1.45. The standard InChI is InChI=1S/C18H26N2O3/c1-14-12-19-7-2-17(14)20-8-3-16(4-9-20)18(21)23-13-15-5-10-22-11-6-15/h2,7,12,15-16H,3-6,8-11,13H2,1H3. The molecule has 2 aliphatic heterocycles. The van der Waals surface area contributed by atoms with Gasteiger partial charge in [0.1, 0.15) is 0 Å². The summed E-state index contributed by atoms with van der Waals surface area (Å²) in [6.45, 7) is 6.05. The van der Waals surface area contributed by atoms with Crippen LogP contribution in [0.2, 0.25) is 0 Å². The summed E-state index contributed by atoms with van der Waals surface area (Å²) >= 11 is 0. The molecule has 23 heavy (non-hydrogen) atoms. The number of ether oxygens (including phenoxy) is 2. The largest absolute Gasteiger partial charge is 0.465 e. The lowest BCUT2D eigenvalue weighted by molar-refractivity contribution is -0.151. The zero-order valence-electron chi connectivity index (χ0n) is 13.9. The maximum Gasteiger partial charge on any atom is 0.309 e. The van der Waals surface area contributed by atoms with Gasteiger partial charge in [0.2, 0.25) is 0 Å². The van der Waals surface area contributed by atoms with Crippen LogP contribution in [0, 0.1) is 18.8 Å². The van der Waals surface area contributed by atoms with Crippen LogP contribution >= 0.6 is 0 Å². The van der Waals surface area contributed by atoms with Gasteiger partial charge in [-0.2, -0.15) is 0 Å². The molecule has 0 radical (unpaired) electrons. The summed E-state index contributed by atoms with van der Waals surface area (Å²) in [6.07, 6.45) is 7.48. The van der Waals surface area contributed by atoms with Gasteiger partial charge in [-0.3, -0.25) is 9.78 Å². The summed E-state index contributed by atoms with van der Waals surface area (Å²) in [5.41, 5.74) is 2.42. The van der Waals surface area contributed by atoms with Crippen LogP contribution in [0.4, 0.5) is 5.69 Å². The van der Waals surface area contributed by atoms with Crippen LogP contribution in [0.15, 0.2) is 18.5 Å². The third-order valence-corrected chi connectivity index (χ3v) is 4.96. The normalized spacial score (nSPS) is 20.5. The Morgan fingerprint density at radius 2 is 2.04 bits per heavy atom. The Hall–Kier alpha value is -1.62. The predicted octanol–water partition coefficient (Wildman–Crippen LogP) is 2.58. The fourth-order valence-electron chi connectivity index (χ4n) is 3.41. The van der Waals surface area contributed by atoms with Crippen molar-refractivity contribution >= 4 is 11.7 Å². The Kier molecular flexibility index (Phi) is 5.49. The molecule has 0 atom stereocenters. The number of carbonyl (C=O) groups is 1. The molecule has 0 saturated carbocycles. The molecular formula is C18H26N2O3. The number of anilines is 1. The molecule has 5 nitrogen and oxygen atoms in total. The molecule has 3 rings (SSSR count). The zero-order valence-corrected chi connectivity index (χ0v) is 13.9. The van der Waals surface area contributed by atoms with Gasteiger partial charge in [-0.05, 0) is 50.2 Å². The molecule has 0 spiro atoms. The lowest BCUT2D eigenvalue weighted by Gasteiger charge is -2.33. The molecule has 0 unspecified atom stereocenters. The molecule has 3 heterocycles. The number of aryl methyl sites for hydroxylation is 1. The Morgan fingerprint density at radius 3 is 2.74 bits per heavy atom. The summed E-state index contributed by atoms with van der Waals surface area (Å²) in [5.74, 6) is 0.517. The van der Waals surface area contributed by atoms with E-state index in [0.29, 0.717) is 12.5 Å². The van der Waals surface area contributed by atoms with Crippen molar-refractivity contribution in [2.45, 2.75) is 32.6 Å². The molecule has 5 heteroatoms. The van der Waals surface area contributed by atoms with E-state index in [2.05, 4.69) is 22.9 Å². The van der Waals surface area contributed by atoms with Crippen LogP contribution in [-0.2, 0) is 14.3 Å². The molecule has 0 aliphatic carbocycles. The fourth-order valence-corrected chi connectivity index (χ4v) is 3.41. The second kappa shape index (κ2) is 7.77. The highest BCUT2D eigenvalue weighted by atomic mass is 16.5. The van der Waals surface area contributed by atoms with E-state index < -0.39 is 0 Å². The van der Waals surface area contributed by atoms with Crippen molar-refractivity contribution in [1.82, 2.24) is 4.98 Å². The number of hydrogen-bond acceptors (Lipinski definition) is 5. The molecular weight excluding hydrogens is 292 g/mol. The van der Waals surface area contributed by atoms with E-state index in [1.165, 1.54) is 11.3 Å². The van der Waals surface area contributed by atoms with E-state index in [4.69, 9.17) is 9.47 Å². The third-order valence-electron chi connectivity index (χ3n) is 4.96. The maximum absolute atomic E-state index is 12.3. The van der Waals surface area contributed by atoms with Gasteiger partial charge in [-0.25, -0.2) is 0 Å². The molecule has 0 aromatic carbocycles. The number of piperidine rings is 1. The third kappa shape index (κ3) is 4.22. The van der Waals surface area contributed by atoms with Crippen LogP contribution in [0.25, 0.3) is 0 Å². The monoisotopic (exact) mass is 318 g/mol. The van der Waals surface area contributed by atoms with Crippen LogP contribution in [0.3, 0.4) is 0 Å². The van der Waals surface area contributed by atoms with Gasteiger partial charge in [0, 0.05) is 44.4 Å². The van der Waals surface area contributed by atoms with Crippen molar-refractivity contribution in [1.29, 1.82) is 0 Å². The molecule has 0 amide bonds. The number of aromatic nitrogens is 1. The minimum atomic E-state index is -0.0115. The van der Waals surface area contributed by atoms with Crippen molar-refractivity contribution in [2.24, 2.45) is 11.8 Å². The van der Waals surface area contributed by atoms with E-state index >= 15 is 0 Å². The Labute approximate surface area is 138 Å². The quantitative estimate of drug-likeness (QED) is 0.799. The molecule has 2 saturated heterocycles. The van der Waals surface area contributed by atoms with Crippen molar-refractivity contribution < 1.29 is 14.3 Å². The highest BCUT2D eigenvalue weighted by Gasteiger charge is 2.27. The fraction of sp³-hybridized carbons (Fsp3) is 0.667. The number of esters is 1. The number of nitrogens with zero attached hydrogens (tertiary/aromatic N) is 2. The van der Waals surface area contributed by atoms with Gasteiger partial charge in [-0.15, -0.1) is 0 Å². The maximum atomic E-state index is 12.3. The lowest BCUT2D eigenvalue weighted by atomic mass is 9.96. The Bertz CT molecular complexity index is 521. The minimum Gasteiger partial charge on any atom is -0.465 e.